The largest absolute Gasteiger partial charge is 0.333 e. The van der Waals surface area contributed by atoms with Crippen LogP contribution in [0.3, 0.4) is 0 Å². The minimum absolute atomic E-state index is 0.519. The van der Waals surface area contributed by atoms with Gasteiger partial charge in [-0.25, -0.2) is 0 Å². The molecular weight excluding hydrogens is 188 g/mol. The first-order chi connectivity index (χ1) is 6.40. The van der Waals surface area contributed by atoms with E-state index in [1.807, 2.05) is 0 Å². The highest BCUT2D eigenvalue weighted by Gasteiger charge is 2.08. The van der Waals surface area contributed by atoms with Crippen molar-refractivity contribution in [2.24, 2.45) is 5.73 Å². The van der Waals surface area contributed by atoms with Gasteiger partial charge in [0.05, 0.1) is 11.7 Å². The van der Waals surface area contributed by atoms with Gasteiger partial charge in [0, 0.05) is 6.42 Å². The monoisotopic (exact) mass is 196 g/mol. The van der Waals surface area contributed by atoms with Crippen molar-refractivity contribution in [3.05, 3.63) is 17.5 Å². The summed E-state index contributed by atoms with van der Waals surface area (Å²) in [6.07, 6.45) is 2.34. The smallest absolute Gasteiger partial charge is 0.269 e. The Hall–Kier alpha value is -1.27. The molecule has 2 heterocycles. The SMILES string of the molecule is NCCc1noc(-c2cncs2)n1. The van der Waals surface area contributed by atoms with E-state index in [4.69, 9.17) is 10.3 Å². The third kappa shape index (κ3) is 1.73. The Balaban J connectivity index is 2.23. The summed E-state index contributed by atoms with van der Waals surface area (Å²) in [4.78, 5) is 8.96. The van der Waals surface area contributed by atoms with Crippen molar-refractivity contribution < 1.29 is 4.52 Å². The van der Waals surface area contributed by atoms with Crippen molar-refractivity contribution in [3.63, 3.8) is 0 Å². The van der Waals surface area contributed by atoms with Crippen LogP contribution in [-0.2, 0) is 6.42 Å². The first-order valence-corrected chi connectivity index (χ1v) is 4.69. The summed E-state index contributed by atoms with van der Waals surface area (Å²) in [7, 11) is 0. The van der Waals surface area contributed by atoms with E-state index in [0.717, 1.165) is 4.88 Å². The van der Waals surface area contributed by atoms with Crippen LogP contribution < -0.4 is 5.73 Å². The van der Waals surface area contributed by atoms with Crippen LogP contribution in [0.2, 0.25) is 0 Å². The summed E-state index contributed by atoms with van der Waals surface area (Å²) < 4.78 is 5.02. The average Bonchev–Trinajstić information content (AvgIpc) is 2.70. The number of nitrogens with two attached hydrogens (primary N) is 1. The molecule has 13 heavy (non-hydrogen) atoms. The molecule has 0 amide bonds. The summed E-state index contributed by atoms with van der Waals surface area (Å²) in [5.41, 5.74) is 7.08. The van der Waals surface area contributed by atoms with E-state index in [1.165, 1.54) is 11.3 Å². The standard InChI is InChI=1S/C7H8N4OS/c8-2-1-6-10-7(12-11-6)5-3-9-4-13-5/h3-4H,1-2,8H2. The van der Waals surface area contributed by atoms with Gasteiger partial charge in [-0.2, -0.15) is 4.98 Å². The van der Waals surface area contributed by atoms with Gasteiger partial charge in [-0.15, -0.1) is 11.3 Å². The van der Waals surface area contributed by atoms with Crippen LogP contribution in [0, 0.1) is 0 Å². The molecule has 0 aliphatic carbocycles. The molecular formula is C7H8N4OS. The molecule has 2 aromatic rings. The molecule has 0 bridgehead atoms. The van der Waals surface area contributed by atoms with Crippen molar-refractivity contribution in [3.8, 4) is 10.8 Å². The number of aromatic nitrogens is 3. The zero-order chi connectivity index (χ0) is 9.10. The number of hydrogen-bond donors (Lipinski definition) is 1. The first kappa shape index (κ1) is 8.33. The van der Waals surface area contributed by atoms with Crippen LogP contribution in [0.1, 0.15) is 5.82 Å². The molecule has 0 radical (unpaired) electrons. The predicted octanol–water partition coefficient (Wildman–Crippen LogP) is 0.694. The van der Waals surface area contributed by atoms with Crippen LogP contribution in [-0.4, -0.2) is 21.7 Å². The summed E-state index contributed by atoms with van der Waals surface area (Å²) in [6.45, 7) is 0.529. The predicted molar refractivity (Wildman–Crippen MR) is 48.2 cm³/mol. The Labute approximate surface area is 78.6 Å². The van der Waals surface area contributed by atoms with E-state index in [9.17, 15) is 0 Å². The average molecular weight is 196 g/mol. The maximum Gasteiger partial charge on any atom is 0.269 e. The van der Waals surface area contributed by atoms with E-state index in [0.29, 0.717) is 24.7 Å². The molecule has 68 valence electrons. The molecule has 0 unspecified atom stereocenters. The van der Waals surface area contributed by atoms with Crippen LogP contribution in [0.4, 0.5) is 0 Å². The lowest BCUT2D eigenvalue weighted by atomic mass is 10.4. The quantitative estimate of drug-likeness (QED) is 0.781. The zero-order valence-electron chi connectivity index (χ0n) is 6.80. The molecule has 0 aliphatic heterocycles. The summed E-state index contributed by atoms with van der Waals surface area (Å²) in [5.74, 6) is 1.16. The fourth-order valence-electron chi connectivity index (χ4n) is 0.906. The fraction of sp³-hybridized carbons (Fsp3) is 0.286. The van der Waals surface area contributed by atoms with Gasteiger partial charge in [0.1, 0.15) is 4.88 Å². The molecule has 0 saturated carbocycles. The maximum atomic E-state index is 5.36. The van der Waals surface area contributed by atoms with E-state index in [2.05, 4.69) is 15.1 Å². The second kappa shape index (κ2) is 3.63. The zero-order valence-corrected chi connectivity index (χ0v) is 7.62. The first-order valence-electron chi connectivity index (χ1n) is 3.81. The maximum absolute atomic E-state index is 5.36. The number of nitrogens with zero attached hydrogens (tertiary/aromatic N) is 3. The summed E-state index contributed by atoms with van der Waals surface area (Å²) in [5, 5.41) is 3.77. The highest BCUT2D eigenvalue weighted by atomic mass is 32.1. The van der Waals surface area contributed by atoms with Crippen LogP contribution in [0.15, 0.2) is 16.2 Å². The highest BCUT2D eigenvalue weighted by molar-refractivity contribution is 7.13. The van der Waals surface area contributed by atoms with Gasteiger partial charge in [-0.1, -0.05) is 5.16 Å². The Morgan fingerprint density at radius 1 is 1.54 bits per heavy atom. The minimum atomic E-state index is 0.519. The van der Waals surface area contributed by atoms with E-state index in [-0.39, 0.29) is 0 Å². The Morgan fingerprint density at radius 2 is 2.46 bits per heavy atom. The van der Waals surface area contributed by atoms with Crippen molar-refractivity contribution in [1.82, 2.24) is 15.1 Å². The number of thiazole rings is 1. The van der Waals surface area contributed by atoms with Crippen molar-refractivity contribution in [1.29, 1.82) is 0 Å². The summed E-state index contributed by atoms with van der Waals surface area (Å²) in [6, 6.07) is 0. The topological polar surface area (TPSA) is 77.8 Å². The van der Waals surface area contributed by atoms with Crippen LogP contribution in [0.5, 0.6) is 0 Å². The van der Waals surface area contributed by atoms with E-state index in [1.54, 1.807) is 11.7 Å². The molecule has 6 heteroatoms. The number of rotatable bonds is 3. The van der Waals surface area contributed by atoms with Gasteiger partial charge in [-0.05, 0) is 6.54 Å². The van der Waals surface area contributed by atoms with E-state index < -0.39 is 0 Å². The van der Waals surface area contributed by atoms with Gasteiger partial charge in [0.25, 0.3) is 5.89 Å². The summed E-state index contributed by atoms with van der Waals surface area (Å²) >= 11 is 1.47. The molecule has 0 aromatic carbocycles. The lowest BCUT2D eigenvalue weighted by Gasteiger charge is -1.83. The molecule has 0 spiro atoms. The second-order valence-electron chi connectivity index (χ2n) is 2.42. The fourth-order valence-corrected chi connectivity index (χ4v) is 1.45. The number of hydrogen-bond acceptors (Lipinski definition) is 6. The lowest BCUT2D eigenvalue weighted by Crippen LogP contribution is -2.03. The van der Waals surface area contributed by atoms with Crippen LogP contribution in [0.25, 0.3) is 10.8 Å². The third-order valence-corrected chi connectivity index (χ3v) is 2.24. The highest BCUT2D eigenvalue weighted by Crippen LogP contribution is 2.20. The van der Waals surface area contributed by atoms with Gasteiger partial charge < -0.3 is 10.3 Å². The normalized spacial score (nSPS) is 10.5. The Morgan fingerprint density at radius 3 is 3.15 bits per heavy atom. The minimum Gasteiger partial charge on any atom is -0.333 e. The molecule has 0 saturated heterocycles. The van der Waals surface area contributed by atoms with Crippen molar-refractivity contribution >= 4 is 11.3 Å². The molecule has 2 rings (SSSR count). The molecule has 2 aromatic heterocycles. The van der Waals surface area contributed by atoms with Gasteiger partial charge in [0.15, 0.2) is 5.82 Å². The second-order valence-corrected chi connectivity index (χ2v) is 3.31. The molecule has 0 atom stereocenters. The lowest BCUT2D eigenvalue weighted by molar-refractivity contribution is 0.423. The Bertz CT molecular complexity index is 370. The molecule has 2 N–H and O–H groups in total. The van der Waals surface area contributed by atoms with Gasteiger partial charge in [0.2, 0.25) is 0 Å². The van der Waals surface area contributed by atoms with Crippen molar-refractivity contribution in [2.45, 2.75) is 6.42 Å². The van der Waals surface area contributed by atoms with E-state index >= 15 is 0 Å². The molecule has 0 fully saturated rings. The van der Waals surface area contributed by atoms with Crippen molar-refractivity contribution in [2.75, 3.05) is 6.54 Å². The van der Waals surface area contributed by atoms with Gasteiger partial charge >= 0.3 is 0 Å². The molecule has 5 nitrogen and oxygen atoms in total. The van der Waals surface area contributed by atoms with Gasteiger partial charge in [-0.3, -0.25) is 4.98 Å². The Kier molecular flexibility index (Phi) is 2.33. The molecule has 0 aliphatic rings. The van der Waals surface area contributed by atoms with Crippen LogP contribution >= 0.6 is 11.3 Å². The third-order valence-electron chi connectivity index (χ3n) is 1.48.